The van der Waals surface area contributed by atoms with Gasteiger partial charge in [-0.2, -0.15) is 0 Å². The Balaban J connectivity index is 1.51. The first-order chi connectivity index (χ1) is 12.3. The van der Waals surface area contributed by atoms with Crippen molar-refractivity contribution in [3.05, 3.63) is 83.3 Å². The maximum Gasteiger partial charge on any atom is 0.378 e. The molecule has 0 amide bonds. The number of ether oxygens (including phenoxy) is 4. The molecule has 2 atom stereocenters. The topological polar surface area (TPSA) is 57.3 Å². The van der Waals surface area contributed by atoms with Crippen LogP contribution in [0.1, 0.15) is 11.1 Å². The van der Waals surface area contributed by atoms with Crippen LogP contribution >= 0.6 is 0 Å². The number of cyclic esters (lactones) is 1. The molecule has 25 heavy (non-hydrogen) atoms. The Morgan fingerprint density at radius 1 is 0.880 bits per heavy atom. The average Bonchev–Trinajstić information content (AvgIpc) is 3.45. The van der Waals surface area contributed by atoms with Gasteiger partial charge in [-0.3, -0.25) is 0 Å². The lowest BCUT2D eigenvalue weighted by Gasteiger charge is -2.13. The van der Waals surface area contributed by atoms with E-state index in [1.165, 1.54) is 0 Å². The molecular formula is C20H18O5. The van der Waals surface area contributed by atoms with Gasteiger partial charge in [-0.1, -0.05) is 60.7 Å². The van der Waals surface area contributed by atoms with Crippen molar-refractivity contribution in [2.45, 2.75) is 25.4 Å². The lowest BCUT2D eigenvalue weighted by atomic mass is 10.2. The number of esters is 1. The van der Waals surface area contributed by atoms with Crippen LogP contribution in [0.25, 0.3) is 0 Å². The van der Waals surface area contributed by atoms with Crippen LogP contribution in [0.4, 0.5) is 0 Å². The number of carbonyl (C=O) groups is 1. The van der Waals surface area contributed by atoms with Gasteiger partial charge in [0.15, 0.2) is 11.9 Å². The largest absolute Gasteiger partial charge is 0.485 e. The van der Waals surface area contributed by atoms with Gasteiger partial charge >= 0.3 is 5.97 Å². The molecule has 5 heteroatoms. The van der Waals surface area contributed by atoms with Gasteiger partial charge in [0.25, 0.3) is 0 Å². The van der Waals surface area contributed by atoms with Crippen molar-refractivity contribution in [1.29, 1.82) is 0 Å². The minimum atomic E-state index is -0.526. The van der Waals surface area contributed by atoms with Crippen molar-refractivity contribution in [2.75, 3.05) is 6.61 Å². The lowest BCUT2D eigenvalue weighted by molar-refractivity contribution is -0.144. The van der Waals surface area contributed by atoms with Crippen LogP contribution in [0.2, 0.25) is 0 Å². The number of benzene rings is 2. The highest BCUT2D eigenvalue weighted by Crippen LogP contribution is 2.33. The van der Waals surface area contributed by atoms with Gasteiger partial charge < -0.3 is 18.9 Å². The standard InChI is InChI=1S/C20H18O5/c21-20-19(24-12-15-9-5-2-6-10-15)18(17(25-20)16-13-22-16)23-11-14-7-3-1-4-8-14/h1-10,16-17H,11-13H2/t16-,17-/m1/s1. The molecule has 0 spiro atoms. The van der Waals surface area contributed by atoms with Crippen LogP contribution in [0.15, 0.2) is 72.2 Å². The van der Waals surface area contributed by atoms with Gasteiger partial charge in [0.2, 0.25) is 5.76 Å². The number of rotatable bonds is 7. The first-order valence-corrected chi connectivity index (χ1v) is 8.21. The van der Waals surface area contributed by atoms with Crippen molar-refractivity contribution in [3.8, 4) is 0 Å². The molecular weight excluding hydrogens is 320 g/mol. The molecule has 1 saturated heterocycles. The van der Waals surface area contributed by atoms with E-state index in [0.717, 1.165) is 11.1 Å². The highest BCUT2D eigenvalue weighted by Gasteiger charge is 2.48. The Morgan fingerprint density at radius 3 is 2.00 bits per heavy atom. The van der Waals surface area contributed by atoms with Gasteiger partial charge in [0.1, 0.15) is 19.3 Å². The number of hydrogen-bond acceptors (Lipinski definition) is 5. The molecule has 2 heterocycles. The maximum atomic E-state index is 12.2. The molecule has 0 aliphatic carbocycles. The predicted molar refractivity (Wildman–Crippen MR) is 89.1 cm³/mol. The Labute approximate surface area is 145 Å². The molecule has 2 aromatic carbocycles. The number of epoxide rings is 1. The monoisotopic (exact) mass is 338 g/mol. The van der Waals surface area contributed by atoms with Crippen LogP contribution in [0, 0.1) is 0 Å². The first kappa shape index (κ1) is 15.7. The van der Waals surface area contributed by atoms with Gasteiger partial charge in [0, 0.05) is 0 Å². The Bertz CT molecular complexity index is 765. The molecule has 2 aliphatic rings. The second-order valence-electron chi connectivity index (χ2n) is 5.94. The summed E-state index contributed by atoms with van der Waals surface area (Å²) in [6, 6.07) is 19.4. The summed E-state index contributed by atoms with van der Waals surface area (Å²) in [5, 5.41) is 0. The zero-order valence-corrected chi connectivity index (χ0v) is 13.6. The second kappa shape index (κ2) is 6.99. The van der Waals surface area contributed by atoms with E-state index in [4.69, 9.17) is 18.9 Å². The number of hydrogen-bond donors (Lipinski definition) is 0. The summed E-state index contributed by atoms with van der Waals surface area (Å²) in [5.41, 5.74) is 1.98. The molecule has 0 radical (unpaired) electrons. The SMILES string of the molecule is O=C1O[C@H]([C@H]2CO2)C(OCc2ccccc2)=C1OCc1ccccc1. The fourth-order valence-corrected chi connectivity index (χ4v) is 2.67. The van der Waals surface area contributed by atoms with Gasteiger partial charge in [0.05, 0.1) is 6.61 Å². The van der Waals surface area contributed by atoms with Gasteiger partial charge in [-0.05, 0) is 11.1 Å². The third-order valence-corrected chi connectivity index (χ3v) is 4.06. The van der Waals surface area contributed by atoms with E-state index in [2.05, 4.69) is 0 Å². The molecule has 0 N–H and O–H groups in total. The minimum Gasteiger partial charge on any atom is -0.485 e. The molecule has 0 unspecified atom stereocenters. The summed E-state index contributed by atoms with van der Waals surface area (Å²) in [5.74, 6) is 0.0621. The summed E-state index contributed by atoms with van der Waals surface area (Å²) < 4.78 is 22.3. The summed E-state index contributed by atoms with van der Waals surface area (Å²) >= 11 is 0. The Kier molecular flexibility index (Phi) is 4.39. The second-order valence-corrected chi connectivity index (χ2v) is 5.94. The van der Waals surface area contributed by atoms with E-state index >= 15 is 0 Å². The Hall–Kier alpha value is -2.79. The van der Waals surface area contributed by atoms with Crippen LogP contribution < -0.4 is 0 Å². The Morgan fingerprint density at radius 2 is 1.44 bits per heavy atom. The zero-order chi connectivity index (χ0) is 17.1. The summed E-state index contributed by atoms with van der Waals surface area (Å²) in [6.45, 7) is 1.18. The molecule has 4 rings (SSSR count). The van der Waals surface area contributed by atoms with Crippen LogP contribution in [-0.4, -0.2) is 24.8 Å². The lowest BCUT2D eigenvalue weighted by Crippen LogP contribution is -2.20. The summed E-state index contributed by atoms with van der Waals surface area (Å²) in [4.78, 5) is 12.2. The molecule has 0 aromatic heterocycles. The first-order valence-electron chi connectivity index (χ1n) is 8.21. The number of carbonyl (C=O) groups excluding carboxylic acids is 1. The molecule has 5 nitrogen and oxygen atoms in total. The van der Waals surface area contributed by atoms with E-state index in [-0.39, 0.29) is 18.5 Å². The van der Waals surface area contributed by atoms with E-state index < -0.39 is 12.1 Å². The highest BCUT2D eigenvalue weighted by atomic mass is 16.7. The summed E-state index contributed by atoms with van der Waals surface area (Å²) in [6.07, 6.45) is -0.672. The van der Waals surface area contributed by atoms with Gasteiger partial charge in [-0.25, -0.2) is 4.79 Å². The van der Waals surface area contributed by atoms with E-state index in [1.807, 2.05) is 60.7 Å². The zero-order valence-electron chi connectivity index (χ0n) is 13.6. The predicted octanol–water partition coefficient (Wildman–Crippen LogP) is 2.96. The van der Waals surface area contributed by atoms with Gasteiger partial charge in [-0.15, -0.1) is 0 Å². The van der Waals surface area contributed by atoms with E-state index in [0.29, 0.717) is 19.0 Å². The molecule has 2 aliphatic heterocycles. The fraction of sp³-hybridized carbons (Fsp3) is 0.250. The van der Waals surface area contributed by atoms with E-state index in [9.17, 15) is 4.79 Å². The molecule has 0 bridgehead atoms. The minimum absolute atomic E-state index is 0.139. The van der Waals surface area contributed by atoms with Crippen molar-refractivity contribution >= 4 is 5.97 Å². The van der Waals surface area contributed by atoms with Crippen molar-refractivity contribution in [3.63, 3.8) is 0 Å². The fourth-order valence-electron chi connectivity index (χ4n) is 2.67. The summed E-state index contributed by atoms with van der Waals surface area (Å²) in [7, 11) is 0. The van der Waals surface area contributed by atoms with E-state index in [1.54, 1.807) is 0 Å². The van der Waals surface area contributed by atoms with Crippen molar-refractivity contribution < 1.29 is 23.7 Å². The smallest absolute Gasteiger partial charge is 0.378 e. The quantitative estimate of drug-likeness (QED) is 0.574. The average molecular weight is 338 g/mol. The normalized spacial score (nSPS) is 21.8. The highest BCUT2D eigenvalue weighted by molar-refractivity contribution is 5.89. The maximum absolute atomic E-state index is 12.2. The third-order valence-electron chi connectivity index (χ3n) is 4.06. The third kappa shape index (κ3) is 3.67. The van der Waals surface area contributed by atoms with Crippen LogP contribution in [-0.2, 0) is 37.0 Å². The van der Waals surface area contributed by atoms with Crippen molar-refractivity contribution in [2.24, 2.45) is 0 Å². The molecule has 128 valence electrons. The van der Waals surface area contributed by atoms with Crippen molar-refractivity contribution in [1.82, 2.24) is 0 Å². The molecule has 0 saturated carbocycles. The molecule has 2 aromatic rings. The van der Waals surface area contributed by atoms with Crippen LogP contribution in [0.5, 0.6) is 0 Å². The molecule has 1 fully saturated rings. The van der Waals surface area contributed by atoms with Crippen LogP contribution in [0.3, 0.4) is 0 Å².